The predicted octanol–water partition coefficient (Wildman–Crippen LogP) is 3.49. The Hall–Kier alpha value is -2.92. The first-order chi connectivity index (χ1) is 17.8. The first-order valence-electron chi connectivity index (χ1n) is 12.0. The van der Waals surface area contributed by atoms with Crippen molar-refractivity contribution in [2.45, 2.75) is 29.0 Å². The lowest BCUT2D eigenvalue weighted by atomic mass is 9.86. The highest BCUT2D eigenvalue weighted by atomic mass is 35.5. The summed E-state index contributed by atoms with van der Waals surface area (Å²) in [6, 6.07) is 19.8. The van der Waals surface area contributed by atoms with Crippen LogP contribution >= 0.6 is 22.9 Å². The third-order valence-corrected chi connectivity index (χ3v) is 10.7. The number of hydrogen-bond acceptors (Lipinski definition) is 6. The van der Waals surface area contributed by atoms with E-state index in [2.05, 4.69) is 15.5 Å². The predicted molar refractivity (Wildman–Crippen MR) is 144 cm³/mol. The zero-order valence-corrected chi connectivity index (χ0v) is 22.4. The van der Waals surface area contributed by atoms with Gasteiger partial charge in [-0.2, -0.15) is 4.31 Å². The molecule has 2 aromatic carbocycles. The fraction of sp³-hybridized carbons (Fsp3) is 0.308. The van der Waals surface area contributed by atoms with Gasteiger partial charge < -0.3 is 15.5 Å². The van der Waals surface area contributed by atoms with E-state index in [4.69, 9.17) is 11.6 Å². The Morgan fingerprint density at radius 2 is 1.73 bits per heavy atom. The number of nitrogens with one attached hydrogen (secondary N) is 2. The van der Waals surface area contributed by atoms with Crippen molar-refractivity contribution in [1.29, 1.82) is 0 Å². The molecule has 2 fully saturated rings. The smallest absolute Gasteiger partial charge is 0.252 e. The molecule has 3 aromatic rings. The van der Waals surface area contributed by atoms with Crippen molar-refractivity contribution in [3.8, 4) is 0 Å². The van der Waals surface area contributed by atoms with Crippen molar-refractivity contribution in [3.05, 3.63) is 82.2 Å². The van der Waals surface area contributed by atoms with Crippen LogP contribution in [0.4, 0.5) is 5.69 Å². The van der Waals surface area contributed by atoms with Crippen LogP contribution in [0, 0.1) is 0 Å². The average Bonchev–Trinajstić information content (AvgIpc) is 3.51. The molecule has 0 aliphatic carbocycles. The molecule has 0 atom stereocenters. The topological polar surface area (TPSA) is 98.8 Å². The average molecular weight is 559 g/mol. The number of thiophene rings is 1. The van der Waals surface area contributed by atoms with Crippen LogP contribution in [0.25, 0.3) is 0 Å². The second kappa shape index (κ2) is 10.4. The molecule has 0 bridgehead atoms. The van der Waals surface area contributed by atoms with E-state index in [9.17, 15) is 18.0 Å². The normalized spacial score (nSPS) is 17.6. The number of para-hydroxylation sites is 1. The van der Waals surface area contributed by atoms with Gasteiger partial charge in [0.05, 0.1) is 6.67 Å². The van der Waals surface area contributed by atoms with E-state index in [1.54, 1.807) is 36.4 Å². The van der Waals surface area contributed by atoms with E-state index >= 15 is 0 Å². The highest BCUT2D eigenvalue weighted by Gasteiger charge is 2.51. The monoisotopic (exact) mass is 558 g/mol. The number of benzene rings is 2. The number of hydrogen-bond donors (Lipinski definition) is 2. The molecule has 2 N–H and O–H groups in total. The van der Waals surface area contributed by atoms with Crippen LogP contribution in [-0.4, -0.2) is 56.4 Å². The minimum atomic E-state index is -3.67. The Kier molecular flexibility index (Phi) is 7.26. The Morgan fingerprint density at radius 3 is 2.43 bits per heavy atom. The number of carbonyl (C=O) groups is 2. The lowest BCUT2D eigenvalue weighted by Gasteiger charge is -2.42. The number of rotatable bonds is 7. The highest BCUT2D eigenvalue weighted by Crippen LogP contribution is 2.38. The van der Waals surface area contributed by atoms with Crippen LogP contribution in [0.15, 0.2) is 70.9 Å². The Bertz CT molecular complexity index is 1390. The van der Waals surface area contributed by atoms with Gasteiger partial charge >= 0.3 is 0 Å². The van der Waals surface area contributed by atoms with Crippen molar-refractivity contribution >= 4 is 50.5 Å². The molecule has 2 aliphatic heterocycles. The second-order valence-corrected chi connectivity index (χ2v) is 12.9. The number of nitrogens with zero attached hydrogens (tertiary/aromatic N) is 2. The fourth-order valence-electron chi connectivity index (χ4n) is 4.89. The van der Waals surface area contributed by atoms with Gasteiger partial charge in [0, 0.05) is 40.8 Å². The molecule has 2 saturated heterocycles. The van der Waals surface area contributed by atoms with Gasteiger partial charge in [0.1, 0.15) is 9.75 Å². The quantitative estimate of drug-likeness (QED) is 0.462. The first kappa shape index (κ1) is 25.7. The number of carbonyl (C=O) groups excluding carboxylic acids is 2. The van der Waals surface area contributed by atoms with Gasteiger partial charge in [0.2, 0.25) is 5.91 Å². The number of halogens is 1. The third-order valence-electron chi connectivity index (χ3n) is 6.95. The van der Waals surface area contributed by atoms with Gasteiger partial charge in [0.15, 0.2) is 0 Å². The number of sulfonamides is 1. The largest absolute Gasteiger partial charge is 0.352 e. The molecule has 1 spiro atoms. The van der Waals surface area contributed by atoms with Crippen molar-refractivity contribution < 1.29 is 18.0 Å². The van der Waals surface area contributed by atoms with Gasteiger partial charge in [-0.15, -0.1) is 11.3 Å². The summed E-state index contributed by atoms with van der Waals surface area (Å²) in [5, 5.41) is 6.36. The molecular formula is C26H27ClN4O4S2. The summed E-state index contributed by atoms with van der Waals surface area (Å²) in [5.41, 5.74) is 0.725. The minimum absolute atomic E-state index is 0.0486. The van der Waals surface area contributed by atoms with Crippen LogP contribution in [-0.2, 0) is 21.2 Å². The molecule has 11 heteroatoms. The maximum atomic E-state index is 13.4. The van der Waals surface area contributed by atoms with E-state index in [1.807, 2.05) is 30.3 Å². The van der Waals surface area contributed by atoms with Crippen molar-refractivity contribution in [1.82, 2.24) is 14.9 Å². The molecule has 5 rings (SSSR count). The van der Waals surface area contributed by atoms with Gasteiger partial charge in [-0.1, -0.05) is 29.8 Å². The van der Waals surface area contributed by atoms with Crippen LogP contribution < -0.4 is 15.5 Å². The summed E-state index contributed by atoms with van der Waals surface area (Å²) in [6.45, 7) is 1.34. The lowest BCUT2D eigenvalue weighted by Crippen LogP contribution is -2.57. The molecule has 3 heterocycles. The molecule has 8 nitrogen and oxygen atoms in total. The molecule has 2 amide bonds. The Balaban J connectivity index is 1.20. The van der Waals surface area contributed by atoms with E-state index in [0.29, 0.717) is 43.1 Å². The van der Waals surface area contributed by atoms with Crippen LogP contribution in [0.5, 0.6) is 0 Å². The molecule has 0 unspecified atom stereocenters. The molecular weight excluding hydrogens is 532 g/mol. The van der Waals surface area contributed by atoms with Crippen LogP contribution in [0.1, 0.15) is 28.1 Å². The van der Waals surface area contributed by atoms with Crippen molar-refractivity contribution in [3.63, 3.8) is 0 Å². The number of anilines is 1. The van der Waals surface area contributed by atoms with Crippen LogP contribution in [0.2, 0.25) is 5.02 Å². The van der Waals surface area contributed by atoms with Crippen molar-refractivity contribution in [2.24, 2.45) is 0 Å². The van der Waals surface area contributed by atoms with E-state index in [-0.39, 0.29) is 29.1 Å². The second-order valence-electron chi connectivity index (χ2n) is 9.10. The van der Waals surface area contributed by atoms with Gasteiger partial charge in [-0.25, -0.2) is 8.42 Å². The summed E-state index contributed by atoms with van der Waals surface area (Å²) in [4.78, 5) is 28.1. The van der Waals surface area contributed by atoms with Crippen molar-refractivity contribution in [2.75, 3.05) is 31.2 Å². The molecule has 0 saturated carbocycles. The first-order valence-corrected chi connectivity index (χ1v) is 14.7. The molecule has 0 radical (unpaired) electrons. The van der Waals surface area contributed by atoms with Gasteiger partial charge in [-0.05, 0) is 67.8 Å². The third kappa shape index (κ3) is 5.11. The molecule has 37 heavy (non-hydrogen) atoms. The standard InChI is InChI=1S/C26H27ClN4O4S2/c27-20-8-6-19(7-9-20)24(32)28-15-12-22-10-11-23(36-22)37(34,35)30-16-13-26(14-17-30)25(33)29-18-31(26)21-4-2-1-3-5-21/h1-11H,12-18H2,(H,28,32)(H,29,33). The summed E-state index contributed by atoms with van der Waals surface area (Å²) in [5.74, 6) is -0.253. The molecule has 1 aromatic heterocycles. The zero-order chi connectivity index (χ0) is 26.0. The van der Waals surface area contributed by atoms with E-state index < -0.39 is 15.6 Å². The molecule has 2 aliphatic rings. The van der Waals surface area contributed by atoms with Crippen LogP contribution in [0.3, 0.4) is 0 Å². The Labute approximate surface area is 225 Å². The lowest BCUT2D eigenvalue weighted by molar-refractivity contribution is -0.124. The van der Waals surface area contributed by atoms with Gasteiger partial charge in [0.25, 0.3) is 15.9 Å². The summed E-state index contributed by atoms with van der Waals surface area (Å²) < 4.78 is 28.5. The molecule has 194 valence electrons. The zero-order valence-electron chi connectivity index (χ0n) is 20.0. The Morgan fingerprint density at radius 1 is 1.03 bits per heavy atom. The maximum absolute atomic E-state index is 13.4. The SMILES string of the molecule is O=C(NCCc1ccc(S(=O)(=O)N2CCC3(CC2)C(=O)NCN3c2ccccc2)s1)c1ccc(Cl)cc1. The summed E-state index contributed by atoms with van der Waals surface area (Å²) >= 11 is 7.08. The van der Waals surface area contributed by atoms with E-state index in [0.717, 1.165) is 10.6 Å². The number of piperidine rings is 1. The van der Waals surface area contributed by atoms with E-state index in [1.165, 1.54) is 15.6 Å². The maximum Gasteiger partial charge on any atom is 0.252 e. The summed E-state index contributed by atoms with van der Waals surface area (Å²) in [6.07, 6.45) is 1.36. The minimum Gasteiger partial charge on any atom is -0.352 e. The summed E-state index contributed by atoms with van der Waals surface area (Å²) in [7, 11) is -3.67. The van der Waals surface area contributed by atoms with Gasteiger partial charge in [-0.3, -0.25) is 9.59 Å². The number of amides is 2. The fourth-order valence-corrected chi connectivity index (χ4v) is 7.97. The highest BCUT2D eigenvalue weighted by molar-refractivity contribution is 7.91.